The molecule has 282 valence electrons. The summed E-state index contributed by atoms with van der Waals surface area (Å²) in [5, 5.41) is 0. The number of aryl methyl sites for hydroxylation is 1. The van der Waals surface area contributed by atoms with Crippen LogP contribution in [0.15, 0.2) is 150 Å². The SMILES string of the molecule is CCc1ccc(OP2(Oc3ccc(N)cc3)=NP(Oc3ccc(N)cc3)N(Oc3ccc(N)cc3)P(Oc3ccc(N)cc3)N2Oc2ccc(N)cc2)cc1. The van der Waals surface area contributed by atoms with E-state index in [-0.39, 0.29) is 0 Å². The van der Waals surface area contributed by atoms with Gasteiger partial charge in [-0.15, -0.1) is 4.52 Å². The molecule has 10 N–H and O–H groups in total. The molecule has 6 aromatic rings. The van der Waals surface area contributed by atoms with Gasteiger partial charge in [0, 0.05) is 37.6 Å². The maximum absolute atomic E-state index is 6.97. The van der Waals surface area contributed by atoms with Crippen molar-refractivity contribution in [2.24, 2.45) is 4.52 Å². The average Bonchev–Trinajstić information content (AvgIpc) is 3.19. The fourth-order valence-electron chi connectivity index (χ4n) is 4.88. The number of rotatable bonds is 13. The Bertz CT molecular complexity index is 2240. The first-order valence-corrected chi connectivity index (χ1v) is 20.8. The Morgan fingerprint density at radius 2 is 0.836 bits per heavy atom. The third-order valence-electron chi connectivity index (χ3n) is 7.77. The van der Waals surface area contributed by atoms with Crippen LogP contribution in [0.2, 0.25) is 0 Å². The van der Waals surface area contributed by atoms with Gasteiger partial charge in [-0.05, 0) is 145 Å². The summed E-state index contributed by atoms with van der Waals surface area (Å²) in [4.78, 5) is 13.4. The molecule has 0 spiro atoms. The molecule has 1 aliphatic heterocycles. The molecule has 3 unspecified atom stereocenters. The number of hydrogen-bond donors (Lipinski definition) is 5. The maximum atomic E-state index is 6.97. The maximum Gasteiger partial charge on any atom is 0.447 e. The van der Waals surface area contributed by atoms with Crippen LogP contribution in [0.3, 0.4) is 0 Å². The Morgan fingerprint density at radius 1 is 0.473 bits per heavy atom. The summed E-state index contributed by atoms with van der Waals surface area (Å²) in [6.07, 6.45) is 0.831. The molecule has 0 aromatic heterocycles. The van der Waals surface area contributed by atoms with Crippen LogP contribution < -0.4 is 56.4 Å². The Balaban J connectivity index is 1.48. The number of hydrogen-bond acceptors (Lipinski definition) is 14. The molecule has 55 heavy (non-hydrogen) atoms. The van der Waals surface area contributed by atoms with E-state index >= 15 is 0 Å². The number of anilines is 5. The van der Waals surface area contributed by atoms with Gasteiger partial charge >= 0.3 is 24.6 Å². The molecule has 1 heterocycles. The summed E-state index contributed by atoms with van der Waals surface area (Å²) in [7, 11) is -8.46. The van der Waals surface area contributed by atoms with Crippen molar-refractivity contribution in [2.45, 2.75) is 13.3 Å². The molecule has 0 bridgehead atoms. The van der Waals surface area contributed by atoms with Gasteiger partial charge in [-0.3, -0.25) is 0 Å². The molecule has 3 atom stereocenters. The van der Waals surface area contributed by atoms with Gasteiger partial charge in [-0.25, -0.2) is 0 Å². The lowest BCUT2D eigenvalue weighted by molar-refractivity contribution is 0.0546. The van der Waals surface area contributed by atoms with Crippen molar-refractivity contribution in [1.29, 1.82) is 0 Å². The summed E-state index contributed by atoms with van der Waals surface area (Å²) >= 11 is 0. The van der Waals surface area contributed by atoms with Gasteiger partial charge in [0.15, 0.2) is 0 Å². The molecule has 17 heteroatoms. The second kappa shape index (κ2) is 16.7. The van der Waals surface area contributed by atoms with Crippen molar-refractivity contribution in [3.05, 3.63) is 151 Å². The zero-order valence-corrected chi connectivity index (χ0v) is 32.3. The zero-order chi connectivity index (χ0) is 38.4. The molecular weight excluding hydrogens is 757 g/mol. The highest BCUT2D eigenvalue weighted by molar-refractivity contribution is 7.78. The predicted octanol–water partition coefficient (Wildman–Crippen LogP) is 9.78. The van der Waals surface area contributed by atoms with E-state index in [1.807, 2.05) is 24.3 Å². The van der Waals surface area contributed by atoms with Crippen LogP contribution in [0, 0.1) is 0 Å². The van der Waals surface area contributed by atoms with E-state index in [0.717, 1.165) is 12.0 Å². The Kier molecular flexibility index (Phi) is 11.3. The molecule has 0 radical (unpaired) electrons. The first kappa shape index (κ1) is 37.4. The number of benzene rings is 6. The summed E-state index contributed by atoms with van der Waals surface area (Å²) < 4.78 is 35.7. The highest BCUT2D eigenvalue weighted by Crippen LogP contribution is 2.77. The minimum Gasteiger partial charge on any atom is -0.440 e. The third kappa shape index (κ3) is 9.27. The first-order valence-electron chi connectivity index (χ1n) is 17.0. The Labute approximate surface area is 321 Å². The van der Waals surface area contributed by atoms with E-state index in [0.29, 0.717) is 62.9 Å². The minimum absolute atomic E-state index is 0.381. The van der Waals surface area contributed by atoms with Crippen LogP contribution in [0.1, 0.15) is 12.5 Å². The van der Waals surface area contributed by atoms with Crippen molar-refractivity contribution in [1.82, 2.24) is 9.21 Å². The van der Waals surface area contributed by atoms with Crippen LogP contribution in [-0.4, -0.2) is 9.21 Å². The molecule has 0 aliphatic carbocycles. The quantitative estimate of drug-likeness (QED) is 0.0546. The Hall–Kier alpha value is -5.87. The molecule has 0 saturated carbocycles. The summed E-state index contributed by atoms with van der Waals surface area (Å²) in [6, 6.07) is 42.1. The fourth-order valence-corrected chi connectivity index (χ4v) is 12.4. The predicted molar refractivity (Wildman–Crippen MR) is 221 cm³/mol. The van der Waals surface area contributed by atoms with Gasteiger partial charge in [-0.2, -0.15) is 0 Å². The molecule has 0 amide bonds. The van der Waals surface area contributed by atoms with Gasteiger partial charge in [0.05, 0.1) is 0 Å². The van der Waals surface area contributed by atoms with E-state index in [9.17, 15) is 0 Å². The van der Waals surface area contributed by atoms with Crippen LogP contribution in [0.4, 0.5) is 28.4 Å². The van der Waals surface area contributed by atoms with Crippen LogP contribution in [0.5, 0.6) is 34.5 Å². The summed E-state index contributed by atoms with van der Waals surface area (Å²) in [6.45, 7) is 2.08. The number of nitrogens with zero attached hydrogens (tertiary/aromatic N) is 3. The highest BCUT2D eigenvalue weighted by Gasteiger charge is 2.58. The van der Waals surface area contributed by atoms with Gasteiger partial charge in [-0.1, -0.05) is 19.1 Å². The summed E-state index contributed by atoms with van der Waals surface area (Å²) in [5.41, 5.74) is 34.2. The standard InChI is InChI=1S/C38H39N8O6P3/c1-2-27-3-15-37(16-4-27)51-55(52-38-25-13-32(43)14-26-38)44-53(49-35-21-9-30(41)10-22-35)45(47-33-17-5-28(39)6-18-33)54(50-36-23-11-31(42)12-24-36)46(55)48-34-19-7-29(40)8-20-34/h3-26H,2,39-43H2,1H3. The average molecular weight is 797 g/mol. The van der Waals surface area contributed by atoms with Gasteiger partial charge < -0.3 is 56.4 Å². The second-order valence-corrected chi connectivity index (χ2v) is 17.5. The van der Waals surface area contributed by atoms with Crippen molar-refractivity contribution in [3.63, 3.8) is 0 Å². The second-order valence-electron chi connectivity index (χ2n) is 12.0. The van der Waals surface area contributed by atoms with Crippen molar-refractivity contribution >= 4 is 53.0 Å². The van der Waals surface area contributed by atoms with Crippen molar-refractivity contribution < 1.29 is 27.8 Å². The molecule has 6 aromatic carbocycles. The smallest absolute Gasteiger partial charge is 0.440 e. The molecule has 14 nitrogen and oxygen atoms in total. The monoisotopic (exact) mass is 796 g/mol. The topological polar surface area (TPSA) is 204 Å². The first-order chi connectivity index (χ1) is 26.6. The lowest BCUT2D eigenvalue weighted by Crippen LogP contribution is -2.37. The minimum atomic E-state index is -3.93. The van der Waals surface area contributed by atoms with E-state index < -0.39 is 24.6 Å². The summed E-state index contributed by atoms with van der Waals surface area (Å²) in [5.74, 6) is 2.52. The van der Waals surface area contributed by atoms with E-state index in [1.165, 1.54) is 9.21 Å². The lowest BCUT2D eigenvalue weighted by Gasteiger charge is -2.43. The van der Waals surface area contributed by atoms with E-state index in [4.69, 9.17) is 61.0 Å². The van der Waals surface area contributed by atoms with Gasteiger partial charge in [0.25, 0.3) is 0 Å². The molecule has 7 rings (SSSR count). The molecule has 0 fully saturated rings. The van der Waals surface area contributed by atoms with Crippen molar-refractivity contribution in [3.8, 4) is 34.5 Å². The van der Waals surface area contributed by atoms with Crippen LogP contribution >= 0.6 is 24.6 Å². The molecule has 0 saturated heterocycles. The molecular formula is C38H39N8O6P3. The van der Waals surface area contributed by atoms with Crippen LogP contribution in [-0.2, 0) is 6.42 Å². The molecule has 1 aliphatic rings. The number of nitrogens with two attached hydrogens (primary N) is 5. The lowest BCUT2D eigenvalue weighted by atomic mass is 10.2. The highest BCUT2D eigenvalue weighted by atomic mass is 31.3. The van der Waals surface area contributed by atoms with E-state index in [1.54, 1.807) is 121 Å². The van der Waals surface area contributed by atoms with E-state index in [2.05, 4.69) is 6.92 Å². The van der Waals surface area contributed by atoms with Crippen molar-refractivity contribution in [2.75, 3.05) is 28.7 Å². The number of nitrogen functional groups attached to an aromatic ring is 5. The van der Waals surface area contributed by atoms with Gasteiger partial charge in [0.1, 0.15) is 34.5 Å². The Morgan fingerprint density at radius 3 is 1.27 bits per heavy atom. The largest absolute Gasteiger partial charge is 0.447 e. The zero-order valence-electron chi connectivity index (χ0n) is 29.6. The normalized spacial score (nSPS) is 18.4. The van der Waals surface area contributed by atoms with Crippen LogP contribution in [0.25, 0.3) is 0 Å². The fraction of sp³-hybridized carbons (Fsp3) is 0.0526. The third-order valence-corrected chi connectivity index (χ3v) is 14.6. The van der Waals surface area contributed by atoms with Gasteiger partial charge in [0.2, 0.25) is 0 Å².